The monoisotopic (exact) mass is 723 g/mol. The van der Waals surface area contributed by atoms with E-state index in [-0.39, 0.29) is 0 Å². The molecule has 57 heavy (non-hydrogen) atoms. The van der Waals surface area contributed by atoms with E-state index in [0.29, 0.717) is 0 Å². The second kappa shape index (κ2) is 13.7. The Morgan fingerprint density at radius 3 is 1.11 bits per heavy atom. The van der Waals surface area contributed by atoms with E-state index in [1.165, 1.54) is 88.3 Å². The first-order chi connectivity index (χ1) is 28.2. The highest BCUT2D eigenvalue weighted by Crippen LogP contribution is 2.51. The van der Waals surface area contributed by atoms with Crippen molar-refractivity contribution in [3.63, 3.8) is 0 Å². The summed E-state index contributed by atoms with van der Waals surface area (Å²) in [6, 6.07) is 81.9. The third-order valence-corrected chi connectivity index (χ3v) is 11.5. The Labute approximate surface area is 333 Å². The van der Waals surface area contributed by atoms with Crippen molar-refractivity contribution >= 4 is 38.6 Å². The molecule has 1 nitrogen and oxygen atoms in total. The van der Waals surface area contributed by atoms with Crippen LogP contribution in [0.4, 0.5) is 17.1 Å². The van der Waals surface area contributed by atoms with Crippen LogP contribution >= 0.6 is 0 Å². The maximum atomic E-state index is 2.39. The van der Waals surface area contributed by atoms with Gasteiger partial charge in [0.2, 0.25) is 0 Å². The summed E-state index contributed by atoms with van der Waals surface area (Å²) in [4.78, 5) is 2.39. The number of anilines is 3. The molecule has 0 radical (unpaired) electrons. The SMILES string of the molecule is c1ccc(-c2ccc(-c3cccc(N(c4ccc(-c5ccccc5)cc4)c4ccc5cc6c(cc5c4)-c4cc5ccc(-c7ccccc7)cc5cc4-6)c3)cc2)cc1. The standard InChI is InChI=1S/C56H37N/c1-4-11-38(12-5-1)41-19-21-43(22-20-41)44-17-10-18-51(32-44)57(50-28-25-42(26-29-50)39-13-6-2-7-14-39)52-30-27-47-35-54-55-36-48-31-45(40-15-8-3-9-16-40)23-24-46(48)34-53(55)56(54)37-49(47)33-52/h1-37H. The van der Waals surface area contributed by atoms with Gasteiger partial charge >= 0.3 is 0 Å². The van der Waals surface area contributed by atoms with Gasteiger partial charge in [0.15, 0.2) is 0 Å². The highest BCUT2D eigenvalue weighted by molar-refractivity contribution is 6.12. The molecule has 0 spiro atoms. The van der Waals surface area contributed by atoms with Crippen LogP contribution in [-0.2, 0) is 0 Å². The lowest BCUT2D eigenvalue weighted by atomic mass is 9.77. The molecule has 1 aliphatic carbocycles. The van der Waals surface area contributed by atoms with E-state index < -0.39 is 0 Å². The Bertz CT molecular complexity index is 3070. The zero-order valence-electron chi connectivity index (χ0n) is 31.3. The van der Waals surface area contributed by atoms with E-state index in [0.717, 1.165) is 17.1 Å². The quantitative estimate of drug-likeness (QED) is 0.158. The lowest BCUT2D eigenvalue weighted by molar-refractivity contribution is 1.29. The van der Waals surface area contributed by atoms with Gasteiger partial charge in [-0.15, -0.1) is 0 Å². The topological polar surface area (TPSA) is 3.24 Å². The fraction of sp³-hybridized carbons (Fsp3) is 0. The van der Waals surface area contributed by atoms with Crippen molar-refractivity contribution < 1.29 is 0 Å². The summed E-state index contributed by atoms with van der Waals surface area (Å²) >= 11 is 0. The first-order valence-electron chi connectivity index (χ1n) is 19.7. The lowest BCUT2D eigenvalue weighted by Gasteiger charge is -2.28. The number of hydrogen-bond acceptors (Lipinski definition) is 1. The molecule has 1 aliphatic rings. The van der Waals surface area contributed by atoms with Gasteiger partial charge in [0.25, 0.3) is 0 Å². The van der Waals surface area contributed by atoms with Gasteiger partial charge < -0.3 is 4.90 Å². The van der Waals surface area contributed by atoms with Gasteiger partial charge in [-0.3, -0.25) is 0 Å². The van der Waals surface area contributed by atoms with Crippen molar-refractivity contribution in [1.29, 1.82) is 0 Å². The minimum absolute atomic E-state index is 1.11. The first kappa shape index (κ1) is 32.9. The van der Waals surface area contributed by atoms with Crippen LogP contribution in [0.5, 0.6) is 0 Å². The van der Waals surface area contributed by atoms with Crippen molar-refractivity contribution in [2.75, 3.05) is 4.90 Å². The van der Waals surface area contributed by atoms with E-state index >= 15 is 0 Å². The number of hydrogen-bond donors (Lipinski definition) is 0. The van der Waals surface area contributed by atoms with E-state index in [2.05, 4.69) is 229 Å². The zero-order chi connectivity index (χ0) is 37.7. The van der Waals surface area contributed by atoms with E-state index in [1.54, 1.807) is 0 Å². The van der Waals surface area contributed by atoms with Crippen molar-refractivity contribution in [2.45, 2.75) is 0 Å². The largest absolute Gasteiger partial charge is 0.310 e. The van der Waals surface area contributed by atoms with Gasteiger partial charge in [-0.1, -0.05) is 158 Å². The number of fused-ring (bicyclic) bond motifs is 6. The molecule has 0 saturated heterocycles. The fourth-order valence-electron chi connectivity index (χ4n) is 8.55. The molecular weight excluding hydrogens is 687 g/mol. The van der Waals surface area contributed by atoms with Crippen molar-refractivity contribution in [1.82, 2.24) is 0 Å². The maximum absolute atomic E-state index is 2.39. The average Bonchev–Trinajstić information content (AvgIpc) is 3.29. The summed E-state index contributed by atoms with van der Waals surface area (Å²) in [6.07, 6.45) is 0. The molecule has 0 atom stereocenters. The van der Waals surface area contributed by atoms with Crippen LogP contribution in [0.3, 0.4) is 0 Å². The zero-order valence-corrected chi connectivity index (χ0v) is 31.3. The third kappa shape index (κ3) is 5.98. The third-order valence-electron chi connectivity index (χ3n) is 11.5. The molecule has 0 fully saturated rings. The summed E-state index contributed by atoms with van der Waals surface area (Å²) in [5.74, 6) is 0. The fourth-order valence-corrected chi connectivity index (χ4v) is 8.55. The number of benzene rings is 10. The predicted octanol–water partition coefficient (Wildman–Crippen LogP) is 15.8. The summed E-state index contributed by atoms with van der Waals surface area (Å²) in [6.45, 7) is 0. The molecule has 0 aliphatic heterocycles. The van der Waals surface area contributed by atoms with E-state index in [1.807, 2.05) is 0 Å². The smallest absolute Gasteiger partial charge is 0.0468 e. The highest BCUT2D eigenvalue weighted by atomic mass is 15.1. The molecule has 0 saturated carbocycles. The van der Waals surface area contributed by atoms with Crippen LogP contribution in [0.25, 0.3) is 88.3 Å². The summed E-state index contributed by atoms with van der Waals surface area (Å²) in [5, 5.41) is 5.02. The van der Waals surface area contributed by atoms with Crippen LogP contribution in [0.2, 0.25) is 0 Å². The highest BCUT2D eigenvalue weighted by Gasteiger charge is 2.24. The maximum Gasteiger partial charge on any atom is 0.0468 e. The Morgan fingerprint density at radius 1 is 0.193 bits per heavy atom. The van der Waals surface area contributed by atoms with E-state index in [9.17, 15) is 0 Å². The lowest BCUT2D eigenvalue weighted by Crippen LogP contribution is -2.10. The second-order valence-electron chi connectivity index (χ2n) is 15.0. The van der Waals surface area contributed by atoms with Gasteiger partial charge in [0, 0.05) is 17.1 Å². The molecular formula is C56H37N. The molecule has 11 rings (SSSR count). The number of rotatable bonds is 7. The van der Waals surface area contributed by atoms with Crippen molar-refractivity contribution in [3.05, 3.63) is 224 Å². The predicted molar refractivity (Wildman–Crippen MR) is 242 cm³/mol. The minimum atomic E-state index is 1.11. The molecule has 0 heterocycles. The Balaban J connectivity index is 0.979. The molecule has 1 heteroatoms. The molecule has 266 valence electrons. The van der Waals surface area contributed by atoms with Gasteiger partial charge in [0.05, 0.1) is 0 Å². The molecule has 0 unspecified atom stereocenters. The molecule has 0 N–H and O–H groups in total. The molecule has 10 aromatic rings. The minimum Gasteiger partial charge on any atom is -0.310 e. The average molecular weight is 724 g/mol. The van der Waals surface area contributed by atoms with Gasteiger partial charge in [0.1, 0.15) is 0 Å². The number of nitrogens with zero attached hydrogens (tertiary/aromatic N) is 1. The first-order valence-corrected chi connectivity index (χ1v) is 19.7. The van der Waals surface area contributed by atoms with Gasteiger partial charge in [-0.25, -0.2) is 0 Å². The molecule has 10 aromatic carbocycles. The Hall–Kier alpha value is -7.48. The Morgan fingerprint density at radius 2 is 0.544 bits per heavy atom. The van der Waals surface area contributed by atoms with Crippen LogP contribution in [0.1, 0.15) is 0 Å². The van der Waals surface area contributed by atoms with Crippen LogP contribution in [0.15, 0.2) is 224 Å². The van der Waals surface area contributed by atoms with Crippen molar-refractivity contribution in [2.24, 2.45) is 0 Å². The van der Waals surface area contributed by atoms with Crippen LogP contribution in [0, 0.1) is 0 Å². The molecule has 0 amide bonds. The van der Waals surface area contributed by atoms with Crippen LogP contribution < -0.4 is 4.90 Å². The van der Waals surface area contributed by atoms with Crippen LogP contribution in [-0.4, -0.2) is 0 Å². The second-order valence-corrected chi connectivity index (χ2v) is 15.0. The van der Waals surface area contributed by atoms with Gasteiger partial charge in [-0.2, -0.15) is 0 Å². The van der Waals surface area contributed by atoms with Gasteiger partial charge in [-0.05, 0) is 155 Å². The summed E-state index contributed by atoms with van der Waals surface area (Å²) in [5.41, 5.74) is 18.4. The van der Waals surface area contributed by atoms with E-state index in [4.69, 9.17) is 0 Å². The molecule has 0 bridgehead atoms. The molecule has 0 aromatic heterocycles. The normalized spacial score (nSPS) is 11.5. The summed E-state index contributed by atoms with van der Waals surface area (Å²) < 4.78 is 0. The summed E-state index contributed by atoms with van der Waals surface area (Å²) in [7, 11) is 0. The van der Waals surface area contributed by atoms with Crippen molar-refractivity contribution in [3.8, 4) is 66.8 Å². The Kier molecular flexibility index (Phi) is 7.89.